The van der Waals surface area contributed by atoms with E-state index in [2.05, 4.69) is 16.3 Å². The molecule has 6 nitrogen and oxygen atoms in total. The van der Waals surface area contributed by atoms with Gasteiger partial charge >= 0.3 is 0 Å². The number of carbonyl (C=O) groups is 1. The van der Waals surface area contributed by atoms with Gasteiger partial charge < -0.3 is 10.3 Å². The van der Waals surface area contributed by atoms with E-state index in [-0.39, 0.29) is 12.3 Å². The first-order valence-electron chi connectivity index (χ1n) is 7.55. The number of nitrogens with zero attached hydrogens (tertiary/aromatic N) is 4. The van der Waals surface area contributed by atoms with Gasteiger partial charge in [-0.15, -0.1) is 21.5 Å². The standard InChI is InChI=1S/C17H15N5OS2/c18-10-12-4-1-2-5-13(12)11-25-17-21-20-16(14-6-3-9-24-14)22(17)8-7-15(19)23/h1-6,9H,7-8,11H2,(H2,19,23). The molecule has 0 fully saturated rings. The van der Waals surface area contributed by atoms with Crippen LogP contribution in [0.5, 0.6) is 0 Å². The molecule has 0 aliphatic carbocycles. The van der Waals surface area contributed by atoms with Gasteiger partial charge in [0, 0.05) is 18.7 Å². The summed E-state index contributed by atoms with van der Waals surface area (Å²) in [5.41, 5.74) is 6.89. The number of thioether (sulfide) groups is 1. The van der Waals surface area contributed by atoms with E-state index in [0.717, 1.165) is 16.3 Å². The van der Waals surface area contributed by atoms with Gasteiger partial charge in [0.25, 0.3) is 0 Å². The first-order chi connectivity index (χ1) is 12.2. The smallest absolute Gasteiger partial charge is 0.219 e. The van der Waals surface area contributed by atoms with Crippen LogP contribution in [0.15, 0.2) is 46.9 Å². The van der Waals surface area contributed by atoms with Crippen LogP contribution in [0.4, 0.5) is 0 Å². The van der Waals surface area contributed by atoms with Crippen molar-refractivity contribution in [2.45, 2.75) is 23.9 Å². The average Bonchev–Trinajstić information content (AvgIpc) is 3.27. The predicted molar refractivity (Wildman–Crippen MR) is 97.9 cm³/mol. The molecule has 25 heavy (non-hydrogen) atoms. The van der Waals surface area contributed by atoms with Crippen LogP contribution in [0.3, 0.4) is 0 Å². The van der Waals surface area contributed by atoms with Gasteiger partial charge in [-0.05, 0) is 23.1 Å². The normalized spacial score (nSPS) is 10.5. The molecule has 2 heterocycles. The molecule has 0 radical (unpaired) electrons. The van der Waals surface area contributed by atoms with Crippen molar-refractivity contribution < 1.29 is 4.79 Å². The summed E-state index contributed by atoms with van der Waals surface area (Å²) in [7, 11) is 0. The molecule has 0 saturated heterocycles. The Labute approximate surface area is 153 Å². The van der Waals surface area contributed by atoms with E-state index < -0.39 is 0 Å². The predicted octanol–water partition coefficient (Wildman–Crippen LogP) is 3.05. The molecule has 3 rings (SSSR count). The van der Waals surface area contributed by atoms with Gasteiger partial charge in [-0.25, -0.2) is 0 Å². The maximum absolute atomic E-state index is 11.2. The van der Waals surface area contributed by atoms with Gasteiger partial charge in [-0.2, -0.15) is 5.26 Å². The number of rotatable bonds is 7. The Bertz CT molecular complexity index is 912. The number of nitrogens with two attached hydrogens (primary N) is 1. The summed E-state index contributed by atoms with van der Waals surface area (Å²) in [6.07, 6.45) is 0.221. The van der Waals surface area contributed by atoms with Crippen molar-refractivity contribution in [2.24, 2.45) is 5.73 Å². The molecular weight excluding hydrogens is 354 g/mol. The van der Waals surface area contributed by atoms with Crippen molar-refractivity contribution in [2.75, 3.05) is 0 Å². The summed E-state index contributed by atoms with van der Waals surface area (Å²) in [6.45, 7) is 0.428. The third-order valence-corrected chi connectivity index (χ3v) is 5.42. The van der Waals surface area contributed by atoms with Crippen LogP contribution in [0.25, 0.3) is 10.7 Å². The number of amides is 1. The van der Waals surface area contributed by atoms with Crippen LogP contribution in [-0.4, -0.2) is 20.7 Å². The maximum atomic E-state index is 11.2. The summed E-state index contributed by atoms with van der Waals surface area (Å²) in [6, 6.07) is 13.6. The van der Waals surface area contributed by atoms with E-state index >= 15 is 0 Å². The highest BCUT2D eigenvalue weighted by atomic mass is 32.2. The van der Waals surface area contributed by atoms with E-state index in [9.17, 15) is 10.1 Å². The molecule has 1 amide bonds. The largest absolute Gasteiger partial charge is 0.370 e. The quantitative estimate of drug-likeness (QED) is 0.646. The Morgan fingerprint density at radius 1 is 1.28 bits per heavy atom. The van der Waals surface area contributed by atoms with Crippen LogP contribution in [-0.2, 0) is 17.1 Å². The number of thiophene rings is 1. The third-order valence-electron chi connectivity index (χ3n) is 3.53. The highest BCUT2D eigenvalue weighted by Gasteiger charge is 2.16. The lowest BCUT2D eigenvalue weighted by molar-refractivity contribution is -0.118. The Hall–Kier alpha value is -2.63. The van der Waals surface area contributed by atoms with E-state index in [0.29, 0.717) is 23.0 Å². The van der Waals surface area contributed by atoms with Gasteiger partial charge in [0.1, 0.15) is 0 Å². The maximum Gasteiger partial charge on any atom is 0.219 e. The molecule has 0 aliphatic heterocycles. The number of primary amides is 1. The van der Waals surface area contributed by atoms with Gasteiger partial charge in [-0.3, -0.25) is 4.79 Å². The monoisotopic (exact) mass is 369 g/mol. The second-order valence-electron chi connectivity index (χ2n) is 5.21. The molecule has 0 unspecified atom stereocenters. The van der Waals surface area contributed by atoms with Gasteiger partial charge in [0.15, 0.2) is 11.0 Å². The van der Waals surface area contributed by atoms with Gasteiger partial charge in [0.2, 0.25) is 5.91 Å². The van der Waals surface area contributed by atoms with E-state index in [1.54, 1.807) is 17.4 Å². The molecule has 3 aromatic rings. The lowest BCUT2D eigenvalue weighted by atomic mass is 10.1. The molecular formula is C17H15N5OS2. The van der Waals surface area contributed by atoms with Crippen molar-refractivity contribution in [3.05, 3.63) is 52.9 Å². The Kier molecular flexibility index (Phi) is 5.48. The fraction of sp³-hybridized carbons (Fsp3) is 0.176. The van der Waals surface area contributed by atoms with E-state index in [4.69, 9.17) is 5.73 Å². The minimum Gasteiger partial charge on any atom is -0.370 e. The summed E-state index contributed by atoms with van der Waals surface area (Å²) >= 11 is 3.06. The van der Waals surface area contributed by atoms with Crippen molar-refractivity contribution in [1.82, 2.24) is 14.8 Å². The third kappa shape index (κ3) is 4.07. The number of nitriles is 1. The Morgan fingerprint density at radius 3 is 2.84 bits per heavy atom. The van der Waals surface area contributed by atoms with Gasteiger partial charge in [-0.1, -0.05) is 36.0 Å². The molecule has 0 aliphatic rings. The molecule has 0 saturated carbocycles. The Morgan fingerprint density at radius 2 is 2.12 bits per heavy atom. The van der Waals surface area contributed by atoms with Crippen molar-refractivity contribution in [3.63, 3.8) is 0 Å². The Balaban J connectivity index is 1.85. The van der Waals surface area contributed by atoms with Crippen LogP contribution < -0.4 is 5.73 Å². The molecule has 0 atom stereocenters. The molecule has 1 aromatic carbocycles. The minimum atomic E-state index is -0.364. The number of hydrogen-bond acceptors (Lipinski definition) is 6. The van der Waals surface area contributed by atoms with Gasteiger partial charge in [0.05, 0.1) is 16.5 Å². The molecule has 2 aromatic heterocycles. The van der Waals surface area contributed by atoms with Crippen LogP contribution >= 0.6 is 23.1 Å². The lowest BCUT2D eigenvalue weighted by Gasteiger charge is -2.08. The molecule has 0 spiro atoms. The molecule has 0 bridgehead atoms. The number of aromatic nitrogens is 3. The zero-order valence-corrected chi connectivity index (χ0v) is 14.9. The zero-order chi connectivity index (χ0) is 17.6. The lowest BCUT2D eigenvalue weighted by Crippen LogP contribution is -2.14. The van der Waals surface area contributed by atoms with Crippen molar-refractivity contribution in [3.8, 4) is 16.8 Å². The summed E-state index contributed by atoms with van der Waals surface area (Å²) in [4.78, 5) is 12.2. The highest BCUT2D eigenvalue weighted by Crippen LogP contribution is 2.29. The molecule has 8 heteroatoms. The summed E-state index contributed by atoms with van der Waals surface area (Å²) in [5.74, 6) is 0.965. The van der Waals surface area contributed by atoms with Crippen molar-refractivity contribution in [1.29, 1.82) is 5.26 Å². The minimum absolute atomic E-state index is 0.221. The second-order valence-corrected chi connectivity index (χ2v) is 7.10. The summed E-state index contributed by atoms with van der Waals surface area (Å²) in [5, 5.41) is 20.4. The number of benzene rings is 1. The number of hydrogen-bond donors (Lipinski definition) is 1. The number of carbonyl (C=O) groups excluding carboxylic acids is 1. The second kappa shape index (κ2) is 7.96. The van der Waals surface area contributed by atoms with Crippen LogP contribution in [0, 0.1) is 11.3 Å². The highest BCUT2D eigenvalue weighted by molar-refractivity contribution is 7.98. The SMILES string of the molecule is N#Cc1ccccc1CSc1nnc(-c2cccs2)n1CCC(N)=O. The fourth-order valence-electron chi connectivity index (χ4n) is 2.30. The average molecular weight is 369 g/mol. The van der Waals surface area contributed by atoms with E-state index in [1.165, 1.54) is 11.8 Å². The van der Waals surface area contributed by atoms with E-state index in [1.807, 2.05) is 40.3 Å². The first-order valence-corrected chi connectivity index (χ1v) is 9.41. The topological polar surface area (TPSA) is 97.6 Å². The van der Waals surface area contributed by atoms with Crippen molar-refractivity contribution >= 4 is 29.0 Å². The summed E-state index contributed by atoms with van der Waals surface area (Å²) < 4.78 is 1.91. The molecule has 2 N–H and O–H groups in total. The first kappa shape index (κ1) is 17.2. The fourth-order valence-corrected chi connectivity index (χ4v) is 3.99. The van der Waals surface area contributed by atoms with Crippen LogP contribution in [0.1, 0.15) is 17.5 Å². The molecule has 126 valence electrons. The van der Waals surface area contributed by atoms with Crippen LogP contribution in [0.2, 0.25) is 0 Å². The zero-order valence-electron chi connectivity index (χ0n) is 13.3.